The van der Waals surface area contributed by atoms with Crippen molar-refractivity contribution in [1.82, 2.24) is 5.32 Å². The van der Waals surface area contributed by atoms with Crippen LogP contribution in [0.1, 0.15) is 49.1 Å². The molecule has 0 aromatic heterocycles. The first kappa shape index (κ1) is 13.1. The van der Waals surface area contributed by atoms with Crippen molar-refractivity contribution < 1.29 is 9.90 Å². The molecule has 0 amide bonds. The van der Waals surface area contributed by atoms with Gasteiger partial charge < -0.3 is 10.4 Å². The van der Waals surface area contributed by atoms with Crippen LogP contribution in [0.15, 0.2) is 24.3 Å². The molecule has 1 aromatic rings. The minimum absolute atomic E-state index is 0.374. The van der Waals surface area contributed by atoms with Crippen molar-refractivity contribution in [1.29, 1.82) is 0 Å². The Hall–Kier alpha value is -1.35. The molecule has 2 rings (SSSR count). The molecule has 0 aliphatic carbocycles. The molecule has 1 heterocycles. The Kier molecular flexibility index (Phi) is 4.37. The van der Waals surface area contributed by atoms with Crippen molar-refractivity contribution in [2.75, 3.05) is 13.1 Å². The van der Waals surface area contributed by atoms with E-state index in [1.165, 1.54) is 18.4 Å². The second-order valence-corrected chi connectivity index (χ2v) is 5.01. The van der Waals surface area contributed by atoms with E-state index in [0.29, 0.717) is 12.3 Å². The molecule has 1 aliphatic heterocycles. The Morgan fingerprint density at radius 1 is 1.56 bits per heavy atom. The Bertz CT molecular complexity index is 411. The highest BCUT2D eigenvalue weighted by atomic mass is 16.4. The fourth-order valence-electron chi connectivity index (χ4n) is 2.72. The fourth-order valence-corrected chi connectivity index (χ4v) is 2.72. The third-order valence-electron chi connectivity index (χ3n) is 3.79. The summed E-state index contributed by atoms with van der Waals surface area (Å²) >= 11 is 0. The normalized spacial score (nSPS) is 21.5. The van der Waals surface area contributed by atoms with Crippen molar-refractivity contribution in [3.05, 3.63) is 35.4 Å². The molecule has 18 heavy (non-hydrogen) atoms. The van der Waals surface area contributed by atoms with Gasteiger partial charge >= 0.3 is 5.97 Å². The molecule has 2 unspecified atom stereocenters. The molecule has 1 fully saturated rings. The average molecular weight is 247 g/mol. The summed E-state index contributed by atoms with van der Waals surface area (Å²) in [6.07, 6.45) is 3.03. The quantitative estimate of drug-likeness (QED) is 0.860. The largest absolute Gasteiger partial charge is 0.481 e. The maximum atomic E-state index is 11.2. The van der Waals surface area contributed by atoms with E-state index in [1.807, 2.05) is 19.1 Å². The van der Waals surface area contributed by atoms with Gasteiger partial charge in [-0.3, -0.25) is 4.79 Å². The molecule has 3 nitrogen and oxygen atoms in total. The van der Waals surface area contributed by atoms with Crippen LogP contribution >= 0.6 is 0 Å². The lowest BCUT2D eigenvalue weighted by Gasteiger charge is -2.24. The molecule has 0 radical (unpaired) electrons. The molecule has 2 N–H and O–H groups in total. The number of carbonyl (C=O) groups is 1. The summed E-state index contributed by atoms with van der Waals surface area (Å²) in [6.45, 7) is 4.03. The third-order valence-corrected chi connectivity index (χ3v) is 3.79. The Labute approximate surface area is 108 Å². The van der Waals surface area contributed by atoms with Gasteiger partial charge in [0, 0.05) is 6.54 Å². The summed E-state index contributed by atoms with van der Waals surface area (Å²) in [6, 6.07) is 8.13. The molecular formula is C15H21NO2. The molecule has 1 saturated heterocycles. The number of benzene rings is 1. The smallest absolute Gasteiger partial charge is 0.310 e. The Morgan fingerprint density at radius 3 is 3.00 bits per heavy atom. The molecule has 3 heteroatoms. The van der Waals surface area contributed by atoms with Gasteiger partial charge in [0.1, 0.15) is 0 Å². The summed E-state index contributed by atoms with van der Waals surface area (Å²) in [7, 11) is 0. The second-order valence-electron chi connectivity index (χ2n) is 5.01. The van der Waals surface area contributed by atoms with Crippen LogP contribution in [0.25, 0.3) is 0 Å². The van der Waals surface area contributed by atoms with Crippen LogP contribution in [0.3, 0.4) is 0 Å². The number of carboxylic acid groups (broad SMARTS) is 1. The van der Waals surface area contributed by atoms with Crippen molar-refractivity contribution >= 4 is 5.97 Å². The lowest BCUT2D eigenvalue weighted by molar-refractivity contribution is -0.138. The number of piperidine rings is 1. The van der Waals surface area contributed by atoms with Gasteiger partial charge in [-0.15, -0.1) is 0 Å². The molecule has 2 atom stereocenters. The van der Waals surface area contributed by atoms with Crippen LogP contribution in [-0.2, 0) is 4.79 Å². The minimum atomic E-state index is -0.726. The van der Waals surface area contributed by atoms with Gasteiger partial charge in [0.2, 0.25) is 0 Å². The molecule has 0 saturated carbocycles. The summed E-state index contributed by atoms with van der Waals surface area (Å²) in [4.78, 5) is 11.2. The van der Waals surface area contributed by atoms with Crippen LogP contribution in [0.4, 0.5) is 0 Å². The predicted octanol–water partition coefficient (Wildman–Crippen LogP) is 2.73. The van der Waals surface area contributed by atoms with Gasteiger partial charge in [-0.1, -0.05) is 31.2 Å². The average Bonchev–Trinajstić information content (AvgIpc) is 2.40. The lowest BCUT2D eigenvalue weighted by Crippen LogP contribution is -2.28. The fraction of sp³-hybridized carbons (Fsp3) is 0.533. The zero-order valence-electron chi connectivity index (χ0n) is 10.9. The Morgan fingerprint density at radius 2 is 2.39 bits per heavy atom. The van der Waals surface area contributed by atoms with Crippen molar-refractivity contribution in [3.63, 3.8) is 0 Å². The predicted molar refractivity (Wildman–Crippen MR) is 72.0 cm³/mol. The topological polar surface area (TPSA) is 49.3 Å². The number of hydrogen-bond acceptors (Lipinski definition) is 2. The van der Waals surface area contributed by atoms with Crippen LogP contribution < -0.4 is 5.32 Å². The van der Waals surface area contributed by atoms with Crippen LogP contribution in [-0.4, -0.2) is 24.2 Å². The van der Waals surface area contributed by atoms with Crippen molar-refractivity contribution in [2.24, 2.45) is 0 Å². The first-order chi connectivity index (χ1) is 8.72. The summed E-state index contributed by atoms with van der Waals surface area (Å²) in [5, 5.41) is 12.6. The third kappa shape index (κ3) is 2.91. The highest BCUT2D eigenvalue weighted by Crippen LogP contribution is 2.27. The number of hydrogen-bond donors (Lipinski definition) is 2. The SMILES string of the molecule is CCC(C(=O)O)c1cccc(C2CCCNC2)c1. The summed E-state index contributed by atoms with van der Waals surface area (Å²) in [5.74, 6) is -0.567. The molecule has 0 bridgehead atoms. The van der Waals surface area contributed by atoms with E-state index in [1.54, 1.807) is 0 Å². The van der Waals surface area contributed by atoms with Gasteiger partial charge in [-0.2, -0.15) is 0 Å². The number of nitrogens with one attached hydrogen (secondary N) is 1. The summed E-state index contributed by atoms with van der Waals surface area (Å²) in [5.41, 5.74) is 2.22. The van der Waals surface area contributed by atoms with E-state index in [-0.39, 0.29) is 5.92 Å². The van der Waals surface area contributed by atoms with Gasteiger partial charge in [-0.05, 0) is 42.9 Å². The van der Waals surface area contributed by atoms with E-state index >= 15 is 0 Å². The van der Waals surface area contributed by atoms with Gasteiger partial charge in [0.25, 0.3) is 0 Å². The van der Waals surface area contributed by atoms with E-state index < -0.39 is 5.97 Å². The van der Waals surface area contributed by atoms with Crippen molar-refractivity contribution in [3.8, 4) is 0 Å². The minimum Gasteiger partial charge on any atom is -0.481 e. The number of aliphatic carboxylic acids is 1. The van der Waals surface area contributed by atoms with E-state index in [9.17, 15) is 9.90 Å². The highest BCUT2D eigenvalue weighted by molar-refractivity contribution is 5.76. The van der Waals surface area contributed by atoms with Crippen molar-refractivity contribution in [2.45, 2.75) is 38.0 Å². The first-order valence-corrected chi connectivity index (χ1v) is 6.75. The van der Waals surface area contributed by atoms with Crippen LogP contribution in [0, 0.1) is 0 Å². The monoisotopic (exact) mass is 247 g/mol. The molecule has 0 spiro atoms. The lowest BCUT2D eigenvalue weighted by atomic mass is 9.88. The molecule has 1 aliphatic rings. The van der Waals surface area contributed by atoms with Crippen LogP contribution in [0.5, 0.6) is 0 Å². The standard InChI is InChI=1S/C15H21NO2/c1-2-14(15(17)18)12-6-3-5-11(9-12)13-7-4-8-16-10-13/h3,5-6,9,13-14,16H,2,4,7-8,10H2,1H3,(H,17,18). The van der Waals surface area contributed by atoms with Gasteiger partial charge in [0.05, 0.1) is 5.92 Å². The molecule has 98 valence electrons. The van der Waals surface area contributed by atoms with Gasteiger partial charge in [-0.25, -0.2) is 0 Å². The maximum Gasteiger partial charge on any atom is 0.310 e. The molecular weight excluding hydrogens is 226 g/mol. The zero-order chi connectivity index (χ0) is 13.0. The van der Waals surface area contributed by atoms with E-state index in [2.05, 4.69) is 17.4 Å². The summed E-state index contributed by atoms with van der Waals surface area (Å²) < 4.78 is 0. The van der Waals surface area contributed by atoms with E-state index in [4.69, 9.17) is 0 Å². The maximum absolute atomic E-state index is 11.2. The number of carboxylic acids is 1. The second kappa shape index (κ2) is 6.01. The highest BCUT2D eigenvalue weighted by Gasteiger charge is 2.20. The zero-order valence-corrected chi connectivity index (χ0v) is 10.9. The van der Waals surface area contributed by atoms with Gasteiger partial charge in [0.15, 0.2) is 0 Å². The number of rotatable bonds is 4. The van der Waals surface area contributed by atoms with Crippen LogP contribution in [0.2, 0.25) is 0 Å². The van der Waals surface area contributed by atoms with E-state index in [0.717, 1.165) is 18.7 Å². The first-order valence-electron chi connectivity index (χ1n) is 6.75. The molecule has 1 aromatic carbocycles. The Balaban J connectivity index is 2.20.